The molecule has 2 heterocycles. The number of nitrogens with one attached hydrogen (secondary N) is 1. The van der Waals surface area contributed by atoms with Crippen molar-refractivity contribution in [2.75, 3.05) is 48.8 Å². The number of pyridine rings is 1. The first-order valence-electron chi connectivity index (χ1n) is 10.5. The van der Waals surface area contributed by atoms with E-state index in [0.717, 1.165) is 28.0 Å². The van der Waals surface area contributed by atoms with Crippen LogP contribution in [0, 0.1) is 6.92 Å². The van der Waals surface area contributed by atoms with Crippen LogP contribution in [0.5, 0.6) is 0 Å². The number of hydrogen-bond acceptors (Lipinski definition) is 7. The molecule has 5 N–H and O–H groups in total. The number of ether oxygens (including phenoxy) is 1. The van der Waals surface area contributed by atoms with Crippen LogP contribution in [0.1, 0.15) is 11.1 Å². The van der Waals surface area contributed by atoms with Gasteiger partial charge in [0.15, 0.2) is 0 Å². The highest BCUT2D eigenvalue weighted by molar-refractivity contribution is 8.24. The van der Waals surface area contributed by atoms with Crippen LogP contribution in [-0.4, -0.2) is 52.7 Å². The predicted octanol–water partition coefficient (Wildman–Crippen LogP) is 4.06. The van der Waals surface area contributed by atoms with Crippen molar-refractivity contribution in [1.29, 1.82) is 0 Å². The Morgan fingerprint density at radius 3 is 2.84 bits per heavy atom. The van der Waals surface area contributed by atoms with E-state index in [1.165, 1.54) is 5.56 Å². The molecule has 8 heteroatoms. The van der Waals surface area contributed by atoms with Gasteiger partial charge in [-0.2, -0.15) is 10.6 Å². The molecule has 166 valence electrons. The summed E-state index contributed by atoms with van der Waals surface area (Å²) in [4.78, 5) is 7.67. The largest absolute Gasteiger partial charge is 0.382 e. The molecule has 1 aliphatic heterocycles. The fourth-order valence-electron chi connectivity index (χ4n) is 3.86. The number of anilines is 2. The highest BCUT2D eigenvalue weighted by atomic mass is 32.3. The highest BCUT2D eigenvalue weighted by Gasteiger charge is 2.26. The molecule has 0 atom stereocenters. The fourth-order valence-corrected chi connectivity index (χ4v) is 5.40. The van der Waals surface area contributed by atoms with Gasteiger partial charge in [-0.3, -0.25) is 9.11 Å². The number of fused-ring (bicyclic) bond motifs is 2. The van der Waals surface area contributed by atoms with Gasteiger partial charge in [-0.1, -0.05) is 29.8 Å². The SMILES string of the molecule is Cc1ccc2nc(N3CCS(O)(O)c4ccccc4C3)cc(NCCOCCN)c2c1. The second kappa shape index (κ2) is 9.42. The zero-order chi connectivity index (χ0) is 21.8. The monoisotopic (exact) mass is 442 g/mol. The maximum atomic E-state index is 10.7. The van der Waals surface area contributed by atoms with Crippen molar-refractivity contribution < 1.29 is 13.8 Å². The van der Waals surface area contributed by atoms with Gasteiger partial charge in [0.05, 0.1) is 29.4 Å². The Morgan fingerprint density at radius 1 is 1.16 bits per heavy atom. The molecule has 0 radical (unpaired) electrons. The summed E-state index contributed by atoms with van der Waals surface area (Å²) in [6.45, 7) is 5.45. The molecular formula is C23H30N4O3S. The van der Waals surface area contributed by atoms with Gasteiger partial charge in [0.2, 0.25) is 0 Å². The summed E-state index contributed by atoms with van der Waals surface area (Å²) in [5, 5.41) is 4.54. The van der Waals surface area contributed by atoms with Crippen LogP contribution >= 0.6 is 10.6 Å². The lowest BCUT2D eigenvalue weighted by atomic mass is 10.1. The number of aryl methyl sites for hydroxylation is 1. The van der Waals surface area contributed by atoms with Crippen molar-refractivity contribution in [2.45, 2.75) is 18.4 Å². The summed E-state index contributed by atoms with van der Waals surface area (Å²) in [7, 11) is -2.81. The first-order chi connectivity index (χ1) is 15.0. The van der Waals surface area contributed by atoms with Gasteiger partial charge in [-0.25, -0.2) is 4.98 Å². The first-order valence-corrected chi connectivity index (χ1v) is 12.2. The minimum absolute atomic E-state index is 0.285. The Morgan fingerprint density at radius 2 is 2.00 bits per heavy atom. The number of nitrogens with zero attached hydrogens (tertiary/aromatic N) is 2. The number of rotatable bonds is 7. The number of aromatic nitrogens is 1. The van der Waals surface area contributed by atoms with Crippen LogP contribution in [0.3, 0.4) is 0 Å². The summed E-state index contributed by atoms with van der Waals surface area (Å²) in [6.07, 6.45) is 0. The van der Waals surface area contributed by atoms with Gasteiger partial charge in [0, 0.05) is 43.3 Å². The molecular weight excluding hydrogens is 412 g/mol. The predicted molar refractivity (Wildman–Crippen MR) is 128 cm³/mol. The summed E-state index contributed by atoms with van der Waals surface area (Å²) in [5.41, 5.74) is 9.47. The van der Waals surface area contributed by atoms with Crippen LogP contribution in [0.4, 0.5) is 11.5 Å². The molecule has 0 spiro atoms. The van der Waals surface area contributed by atoms with Gasteiger partial charge >= 0.3 is 0 Å². The molecule has 0 saturated heterocycles. The number of hydrogen-bond donors (Lipinski definition) is 4. The lowest BCUT2D eigenvalue weighted by molar-refractivity contribution is 0.151. The molecule has 0 unspecified atom stereocenters. The van der Waals surface area contributed by atoms with E-state index in [0.29, 0.717) is 44.3 Å². The maximum Gasteiger partial charge on any atom is 0.131 e. The van der Waals surface area contributed by atoms with Gasteiger partial charge in [0.25, 0.3) is 0 Å². The van der Waals surface area contributed by atoms with Crippen molar-refractivity contribution >= 4 is 33.0 Å². The lowest BCUT2D eigenvalue weighted by Crippen LogP contribution is -2.26. The molecule has 0 amide bonds. The smallest absolute Gasteiger partial charge is 0.131 e. The van der Waals surface area contributed by atoms with Crippen LogP contribution in [0.15, 0.2) is 53.4 Å². The third kappa shape index (κ3) is 4.94. The average molecular weight is 443 g/mol. The van der Waals surface area contributed by atoms with E-state index in [2.05, 4.69) is 29.3 Å². The van der Waals surface area contributed by atoms with E-state index in [9.17, 15) is 9.11 Å². The molecule has 0 aliphatic carbocycles. The molecule has 7 nitrogen and oxygen atoms in total. The third-order valence-electron chi connectivity index (χ3n) is 5.43. The van der Waals surface area contributed by atoms with Crippen molar-refractivity contribution in [3.8, 4) is 0 Å². The van der Waals surface area contributed by atoms with Crippen LogP contribution in [0.25, 0.3) is 10.9 Å². The maximum absolute atomic E-state index is 10.7. The van der Waals surface area contributed by atoms with Crippen LogP contribution in [-0.2, 0) is 11.3 Å². The van der Waals surface area contributed by atoms with Gasteiger partial charge < -0.3 is 20.7 Å². The quantitative estimate of drug-likeness (QED) is 0.409. The molecule has 0 fully saturated rings. The Kier molecular flexibility index (Phi) is 6.64. The molecule has 2 aromatic carbocycles. The average Bonchev–Trinajstić information content (AvgIpc) is 2.90. The summed E-state index contributed by atoms with van der Waals surface area (Å²) < 4.78 is 26.8. The Bertz CT molecular complexity index is 1060. The zero-order valence-electron chi connectivity index (χ0n) is 17.8. The van der Waals surface area contributed by atoms with Crippen LogP contribution in [0.2, 0.25) is 0 Å². The minimum atomic E-state index is -2.81. The Labute approximate surface area is 184 Å². The topological polar surface area (TPSA) is 104 Å². The Hall–Kier alpha value is -2.36. The van der Waals surface area contributed by atoms with Gasteiger partial charge in [-0.15, -0.1) is 0 Å². The first kappa shape index (κ1) is 21.9. The molecule has 1 aromatic heterocycles. The molecule has 1 aliphatic rings. The molecule has 0 saturated carbocycles. The van der Waals surface area contributed by atoms with E-state index in [-0.39, 0.29) is 5.75 Å². The van der Waals surface area contributed by atoms with E-state index >= 15 is 0 Å². The second-order valence-corrected chi connectivity index (χ2v) is 9.96. The third-order valence-corrected chi connectivity index (χ3v) is 7.29. The minimum Gasteiger partial charge on any atom is -0.382 e. The molecule has 4 rings (SSSR count). The number of nitrogens with two attached hydrogens (primary N) is 1. The summed E-state index contributed by atoms with van der Waals surface area (Å²) >= 11 is 0. The molecule has 31 heavy (non-hydrogen) atoms. The fraction of sp³-hybridized carbons (Fsp3) is 0.348. The van der Waals surface area contributed by atoms with E-state index in [1.54, 1.807) is 0 Å². The standard InChI is InChI=1S/C23H30N4O3S/c1-17-6-7-20-19(14-17)21(25-9-12-30-11-8-24)15-23(26-20)27-10-13-31(28,29)22-5-3-2-4-18(22)16-27/h2-7,14-15,28-29H,8-13,16,24H2,1H3,(H,25,26). The van der Waals surface area contributed by atoms with E-state index in [1.807, 2.05) is 36.4 Å². The van der Waals surface area contributed by atoms with Crippen LogP contribution < -0.4 is 16.0 Å². The van der Waals surface area contributed by atoms with Crippen molar-refractivity contribution in [1.82, 2.24) is 4.98 Å². The number of benzene rings is 2. The van der Waals surface area contributed by atoms with Gasteiger partial charge in [0.1, 0.15) is 5.82 Å². The lowest BCUT2D eigenvalue weighted by Gasteiger charge is -2.32. The Balaban J connectivity index is 1.66. The zero-order valence-corrected chi connectivity index (χ0v) is 18.6. The molecule has 0 bridgehead atoms. The summed E-state index contributed by atoms with van der Waals surface area (Å²) in [5.74, 6) is 1.10. The van der Waals surface area contributed by atoms with Gasteiger partial charge in [-0.05, 0) is 30.7 Å². The molecule has 3 aromatic rings. The van der Waals surface area contributed by atoms with E-state index < -0.39 is 10.6 Å². The van der Waals surface area contributed by atoms with Crippen molar-refractivity contribution in [2.24, 2.45) is 5.73 Å². The normalized spacial score (nSPS) is 16.6. The second-order valence-electron chi connectivity index (χ2n) is 7.78. The van der Waals surface area contributed by atoms with Crippen molar-refractivity contribution in [3.05, 3.63) is 59.7 Å². The van der Waals surface area contributed by atoms with E-state index in [4.69, 9.17) is 15.5 Å². The summed E-state index contributed by atoms with van der Waals surface area (Å²) in [6, 6.07) is 15.8. The van der Waals surface area contributed by atoms with Crippen molar-refractivity contribution in [3.63, 3.8) is 0 Å². The highest BCUT2D eigenvalue weighted by Crippen LogP contribution is 2.51.